The first-order valence-corrected chi connectivity index (χ1v) is 7.24. The largest absolute Gasteiger partial charge is 0.496 e. The van der Waals surface area contributed by atoms with E-state index in [1.165, 1.54) is 7.11 Å². The van der Waals surface area contributed by atoms with Crippen LogP contribution in [0.2, 0.25) is 0 Å². The lowest BCUT2D eigenvalue weighted by Gasteiger charge is -2.16. The smallest absolute Gasteiger partial charge is 0.338 e. The number of carbonyl (C=O) groups excluding carboxylic acids is 1. The maximum absolute atomic E-state index is 12.0. The summed E-state index contributed by atoms with van der Waals surface area (Å²) in [6, 6.07) is 11.0. The molecular formula is C19H20O5. The Morgan fingerprint density at radius 1 is 0.875 bits per heavy atom. The predicted molar refractivity (Wildman–Crippen MR) is 92.6 cm³/mol. The highest BCUT2D eigenvalue weighted by atomic mass is 16.5. The molecule has 5 nitrogen and oxygen atoms in total. The Bertz CT molecular complexity index is 764. The van der Waals surface area contributed by atoms with Gasteiger partial charge in [0.05, 0.1) is 34.0 Å². The Labute approximate surface area is 141 Å². The monoisotopic (exact) mass is 328 g/mol. The second-order valence-electron chi connectivity index (χ2n) is 4.92. The van der Waals surface area contributed by atoms with E-state index in [-0.39, 0.29) is 5.57 Å². The number of rotatable bonds is 6. The molecule has 126 valence electrons. The molecule has 2 aromatic rings. The molecule has 0 N–H and O–H groups in total. The molecule has 0 aromatic heterocycles. The number of hydrogen-bond acceptors (Lipinski definition) is 5. The minimum Gasteiger partial charge on any atom is -0.496 e. The SMILES string of the molecule is C=C(C(=O)OC)c1c(OC)cccc1-c1ccc(OC)c(OC)c1. The molecule has 24 heavy (non-hydrogen) atoms. The molecule has 5 heteroatoms. The maximum atomic E-state index is 12.0. The Hall–Kier alpha value is -2.95. The van der Waals surface area contributed by atoms with Gasteiger partial charge in [-0.2, -0.15) is 0 Å². The molecule has 2 rings (SSSR count). The van der Waals surface area contributed by atoms with Gasteiger partial charge >= 0.3 is 5.97 Å². The molecular weight excluding hydrogens is 308 g/mol. The fourth-order valence-corrected chi connectivity index (χ4v) is 2.48. The van der Waals surface area contributed by atoms with E-state index in [4.69, 9.17) is 18.9 Å². The number of methoxy groups -OCH3 is 4. The molecule has 2 aromatic carbocycles. The van der Waals surface area contributed by atoms with E-state index in [2.05, 4.69) is 6.58 Å². The molecule has 0 aliphatic heterocycles. The van der Waals surface area contributed by atoms with Gasteiger partial charge in [0.2, 0.25) is 0 Å². The Morgan fingerprint density at radius 2 is 1.54 bits per heavy atom. The summed E-state index contributed by atoms with van der Waals surface area (Å²) in [4.78, 5) is 12.0. The van der Waals surface area contributed by atoms with Crippen molar-refractivity contribution in [3.05, 3.63) is 48.5 Å². The maximum Gasteiger partial charge on any atom is 0.338 e. The molecule has 0 fully saturated rings. The summed E-state index contributed by atoms with van der Waals surface area (Å²) in [5.41, 5.74) is 2.43. The second-order valence-corrected chi connectivity index (χ2v) is 4.92. The quantitative estimate of drug-likeness (QED) is 0.599. The lowest BCUT2D eigenvalue weighted by Crippen LogP contribution is -2.05. The standard InChI is InChI=1S/C19H20O5/c1-12(19(20)24-5)18-14(7-6-8-16(18)22-3)13-9-10-15(21-2)17(11-13)23-4/h6-11H,1H2,2-5H3. The predicted octanol–water partition coefficient (Wildman–Crippen LogP) is 3.57. The van der Waals surface area contributed by atoms with E-state index in [9.17, 15) is 4.79 Å². The molecule has 0 heterocycles. The van der Waals surface area contributed by atoms with Crippen molar-refractivity contribution in [3.63, 3.8) is 0 Å². The van der Waals surface area contributed by atoms with Gasteiger partial charge < -0.3 is 18.9 Å². The highest BCUT2D eigenvalue weighted by Crippen LogP contribution is 2.39. The van der Waals surface area contributed by atoms with Crippen LogP contribution >= 0.6 is 0 Å². The summed E-state index contributed by atoms with van der Waals surface area (Å²) in [5, 5.41) is 0. The molecule has 0 aliphatic rings. The first kappa shape index (κ1) is 17.4. The van der Waals surface area contributed by atoms with E-state index in [0.717, 1.165) is 11.1 Å². The van der Waals surface area contributed by atoms with Crippen LogP contribution in [0.5, 0.6) is 17.2 Å². The van der Waals surface area contributed by atoms with E-state index in [1.807, 2.05) is 24.3 Å². The van der Waals surface area contributed by atoms with Gasteiger partial charge in [-0.25, -0.2) is 4.79 Å². The zero-order chi connectivity index (χ0) is 17.7. The van der Waals surface area contributed by atoms with Crippen LogP contribution in [0.3, 0.4) is 0 Å². The fourth-order valence-electron chi connectivity index (χ4n) is 2.48. The van der Waals surface area contributed by atoms with E-state index < -0.39 is 5.97 Å². The number of hydrogen-bond donors (Lipinski definition) is 0. The molecule has 0 radical (unpaired) electrons. The third-order valence-electron chi connectivity index (χ3n) is 3.67. The van der Waals surface area contributed by atoms with E-state index in [1.54, 1.807) is 33.5 Å². The van der Waals surface area contributed by atoms with Crippen molar-refractivity contribution in [2.75, 3.05) is 28.4 Å². The van der Waals surface area contributed by atoms with Gasteiger partial charge in [0, 0.05) is 5.56 Å². The molecule has 0 bridgehead atoms. The molecule has 0 saturated carbocycles. The number of carbonyl (C=O) groups is 1. The van der Waals surface area contributed by atoms with Gasteiger partial charge in [0.25, 0.3) is 0 Å². The lowest BCUT2D eigenvalue weighted by molar-refractivity contribution is -0.133. The van der Waals surface area contributed by atoms with Gasteiger partial charge in [0.1, 0.15) is 5.75 Å². The Morgan fingerprint density at radius 3 is 2.12 bits per heavy atom. The summed E-state index contributed by atoms with van der Waals surface area (Å²) in [6.07, 6.45) is 0. The summed E-state index contributed by atoms with van der Waals surface area (Å²) < 4.78 is 20.8. The first-order chi connectivity index (χ1) is 11.6. The topological polar surface area (TPSA) is 54.0 Å². The van der Waals surface area contributed by atoms with Crippen LogP contribution in [0.1, 0.15) is 5.56 Å². The van der Waals surface area contributed by atoms with Crippen molar-refractivity contribution in [1.29, 1.82) is 0 Å². The van der Waals surface area contributed by atoms with Crippen molar-refractivity contribution >= 4 is 11.5 Å². The normalized spacial score (nSPS) is 10.0. The zero-order valence-corrected chi connectivity index (χ0v) is 14.2. The van der Waals surface area contributed by atoms with Gasteiger partial charge in [-0.05, 0) is 29.3 Å². The molecule has 0 amide bonds. The number of benzene rings is 2. The van der Waals surface area contributed by atoms with Gasteiger partial charge in [0.15, 0.2) is 11.5 Å². The van der Waals surface area contributed by atoms with Crippen LogP contribution in [0, 0.1) is 0 Å². The van der Waals surface area contributed by atoms with Crippen LogP contribution in [-0.4, -0.2) is 34.4 Å². The molecule has 0 aliphatic carbocycles. The number of esters is 1. The highest BCUT2D eigenvalue weighted by Gasteiger charge is 2.20. The number of ether oxygens (including phenoxy) is 4. The van der Waals surface area contributed by atoms with Gasteiger partial charge in [-0.15, -0.1) is 0 Å². The van der Waals surface area contributed by atoms with Crippen molar-refractivity contribution in [1.82, 2.24) is 0 Å². The Balaban J connectivity index is 2.66. The average Bonchev–Trinajstić information content (AvgIpc) is 2.65. The lowest BCUT2D eigenvalue weighted by atomic mass is 9.94. The minimum absolute atomic E-state index is 0.222. The van der Waals surface area contributed by atoms with Crippen LogP contribution in [0.4, 0.5) is 0 Å². The molecule has 0 atom stereocenters. The highest BCUT2D eigenvalue weighted by molar-refractivity contribution is 6.18. The van der Waals surface area contributed by atoms with Crippen LogP contribution in [-0.2, 0) is 9.53 Å². The minimum atomic E-state index is -0.513. The zero-order valence-electron chi connectivity index (χ0n) is 14.2. The summed E-state index contributed by atoms with van der Waals surface area (Å²) in [7, 11) is 6.01. The summed E-state index contributed by atoms with van der Waals surface area (Å²) in [5.74, 6) is 1.24. The van der Waals surface area contributed by atoms with E-state index >= 15 is 0 Å². The average molecular weight is 328 g/mol. The third-order valence-corrected chi connectivity index (χ3v) is 3.67. The van der Waals surface area contributed by atoms with Crippen LogP contribution in [0.15, 0.2) is 43.0 Å². The fraction of sp³-hybridized carbons (Fsp3) is 0.211. The second kappa shape index (κ2) is 7.55. The van der Waals surface area contributed by atoms with Crippen molar-refractivity contribution in [2.24, 2.45) is 0 Å². The third kappa shape index (κ3) is 3.20. The van der Waals surface area contributed by atoms with E-state index in [0.29, 0.717) is 22.8 Å². The van der Waals surface area contributed by atoms with Crippen molar-refractivity contribution in [3.8, 4) is 28.4 Å². The molecule has 0 spiro atoms. The van der Waals surface area contributed by atoms with Crippen LogP contribution < -0.4 is 14.2 Å². The van der Waals surface area contributed by atoms with Crippen LogP contribution in [0.25, 0.3) is 16.7 Å². The summed E-state index contributed by atoms with van der Waals surface area (Å²) >= 11 is 0. The summed E-state index contributed by atoms with van der Waals surface area (Å²) in [6.45, 7) is 3.86. The molecule has 0 unspecified atom stereocenters. The first-order valence-electron chi connectivity index (χ1n) is 7.24. The van der Waals surface area contributed by atoms with Crippen molar-refractivity contribution < 1.29 is 23.7 Å². The Kier molecular flexibility index (Phi) is 5.47. The molecule has 0 saturated heterocycles. The van der Waals surface area contributed by atoms with Gasteiger partial charge in [-0.1, -0.05) is 24.8 Å². The van der Waals surface area contributed by atoms with Gasteiger partial charge in [-0.3, -0.25) is 0 Å². The van der Waals surface area contributed by atoms with Crippen molar-refractivity contribution in [2.45, 2.75) is 0 Å².